The fraction of sp³-hybridized carbons (Fsp3) is 0.143. The van der Waals surface area contributed by atoms with E-state index >= 15 is 0 Å². The maximum absolute atomic E-state index is 11.0. The molecule has 4 rings (SSSR count). The summed E-state index contributed by atoms with van der Waals surface area (Å²) < 4.78 is 4.98. The molecule has 164 valence electrons. The van der Waals surface area contributed by atoms with Gasteiger partial charge in [-0.05, 0) is 35.2 Å². The minimum Gasteiger partial charge on any atom is -0.461 e. The van der Waals surface area contributed by atoms with Crippen LogP contribution in [0.25, 0.3) is 11.1 Å². The Balaban J connectivity index is 0.000000182. The number of rotatable bonds is 6. The van der Waals surface area contributed by atoms with Crippen molar-refractivity contribution in [1.29, 1.82) is 0 Å². The van der Waals surface area contributed by atoms with Gasteiger partial charge in [-0.25, -0.2) is 0 Å². The van der Waals surface area contributed by atoms with Gasteiger partial charge in [-0.3, -0.25) is 9.78 Å². The monoisotopic (exact) mass is 427 g/mol. The summed E-state index contributed by atoms with van der Waals surface area (Å²) >= 11 is 0. The molecule has 0 aliphatic heterocycles. The Bertz CT molecular complexity index is 898. The SMILES string of the molecule is O=C(CCCO)OCc1ccccc1.c1ccc(-c2ccccc2)cc1.c1ccncc1. The van der Waals surface area contributed by atoms with E-state index in [0.29, 0.717) is 13.0 Å². The summed E-state index contributed by atoms with van der Waals surface area (Å²) in [7, 11) is 0. The average Bonchev–Trinajstić information content (AvgIpc) is 2.90. The van der Waals surface area contributed by atoms with E-state index in [2.05, 4.69) is 53.5 Å². The lowest BCUT2D eigenvalue weighted by atomic mass is 10.1. The van der Waals surface area contributed by atoms with Gasteiger partial charge in [-0.15, -0.1) is 0 Å². The number of nitrogens with zero attached hydrogens (tertiary/aromatic N) is 1. The number of carbonyl (C=O) groups excluding carboxylic acids is 1. The maximum atomic E-state index is 11.0. The van der Waals surface area contributed by atoms with E-state index < -0.39 is 0 Å². The quantitative estimate of drug-likeness (QED) is 0.387. The number of aliphatic hydroxyl groups is 1. The molecule has 3 aromatic carbocycles. The molecule has 0 aliphatic rings. The van der Waals surface area contributed by atoms with Crippen molar-refractivity contribution in [3.05, 3.63) is 127 Å². The van der Waals surface area contributed by atoms with Gasteiger partial charge in [0.2, 0.25) is 0 Å². The molecular weight excluding hydrogens is 398 g/mol. The van der Waals surface area contributed by atoms with Crippen LogP contribution in [0, 0.1) is 0 Å². The van der Waals surface area contributed by atoms with E-state index in [-0.39, 0.29) is 19.0 Å². The summed E-state index contributed by atoms with van der Waals surface area (Å²) in [6.07, 6.45) is 4.25. The van der Waals surface area contributed by atoms with Crippen LogP contribution >= 0.6 is 0 Å². The molecule has 0 bridgehead atoms. The lowest BCUT2D eigenvalue weighted by Crippen LogP contribution is -2.05. The van der Waals surface area contributed by atoms with Crippen LogP contribution < -0.4 is 0 Å². The van der Waals surface area contributed by atoms with E-state index in [9.17, 15) is 4.79 Å². The Morgan fingerprint density at radius 3 is 1.56 bits per heavy atom. The largest absolute Gasteiger partial charge is 0.461 e. The molecule has 1 aromatic heterocycles. The zero-order valence-corrected chi connectivity index (χ0v) is 18.1. The number of esters is 1. The summed E-state index contributed by atoms with van der Waals surface area (Å²) in [6.45, 7) is 0.339. The van der Waals surface area contributed by atoms with Crippen LogP contribution in [-0.4, -0.2) is 22.7 Å². The smallest absolute Gasteiger partial charge is 0.306 e. The number of hydrogen-bond acceptors (Lipinski definition) is 4. The molecule has 0 unspecified atom stereocenters. The minimum absolute atomic E-state index is 0.0282. The molecule has 0 saturated heterocycles. The molecule has 1 heterocycles. The first-order valence-corrected chi connectivity index (χ1v) is 10.6. The van der Waals surface area contributed by atoms with Crippen LogP contribution in [0.4, 0.5) is 0 Å². The first kappa shape index (κ1) is 24.5. The average molecular weight is 428 g/mol. The second kappa shape index (κ2) is 16.0. The molecule has 0 aliphatic carbocycles. The highest BCUT2D eigenvalue weighted by Crippen LogP contribution is 2.17. The van der Waals surface area contributed by atoms with E-state index in [1.54, 1.807) is 12.4 Å². The van der Waals surface area contributed by atoms with Crippen LogP contribution in [-0.2, 0) is 16.1 Å². The molecular formula is C28H29NO3. The lowest BCUT2D eigenvalue weighted by molar-refractivity contribution is -0.145. The fourth-order valence-electron chi connectivity index (χ4n) is 2.61. The molecule has 0 amide bonds. The molecule has 4 nitrogen and oxygen atoms in total. The Hall–Kier alpha value is -3.76. The van der Waals surface area contributed by atoms with E-state index in [1.165, 1.54) is 11.1 Å². The first-order chi connectivity index (χ1) is 15.8. The van der Waals surface area contributed by atoms with Crippen LogP contribution in [0.3, 0.4) is 0 Å². The summed E-state index contributed by atoms with van der Waals surface area (Å²) in [6, 6.07) is 36.0. The van der Waals surface area contributed by atoms with Crippen molar-refractivity contribution >= 4 is 5.97 Å². The molecule has 0 saturated carbocycles. The van der Waals surface area contributed by atoms with Gasteiger partial charge in [0.1, 0.15) is 6.61 Å². The van der Waals surface area contributed by atoms with Gasteiger partial charge in [-0.2, -0.15) is 0 Å². The maximum Gasteiger partial charge on any atom is 0.306 e. The van der Waals surface area contributed by atoms with Gasteiger partial charge in [0.15, 0.2) is 0 Å². The summed E-state index contributed by atoms with van der Waals surface area (Å²) in [5, 5.41) is 8.49. The van der Waals surface area contributed by atoms with Crippen molar-refractivity contribution in [2.24, 2.45) is 0 Å². The number of hydrogen-bond donors (Lipinski definition) is 1. The molecule has 0 fully saturated rings. The number of carbonyl (C=O) groups is 1. The Morgan fingerprint density at radius 2 is 1.16 bits per heavy atom. The van der Waals surface area contributed by atoms with E-state index in [0.717, 1.165) is 5.56 Å². The van der Waals surface area contributed by atoms with Crippen LogP contribution in [0.1, 0.15) is 18.4 Å². The molecule has 0 spiro atoms. The standard InChI is InChI=1S/C12H10.C11H14O3.C5H5N/c1-3-7-11(8-4-1)12-9-5-2-6-10-12;12-8-4-7-11(13)14-9-10-5-2-1-3-6-10;1-2-4-6-5-3-1/h1-10H;1-3,5-6,12H,4,7-9H2;1-5H. The van der Waals surface area contributed by atoms with Gasteiger partial charge in [0.25, 0.3) is 0 Å². The van der Waals surface area contributed by atoms with Crippen LogP contribution in [0.15, 0.2) is 122 Å². The van der Waals surface area contributed by atoms with Crippen molar-refractivity contribution in [2.45, 2.75) is 19.4 Å². The molecule has 0 atom stereocenters. The minimum atomic E-state index is -0.261. The second-order valence-electron chi connectivity index (χ2n) is 6.73. The predicted molar refractivity (Wildman–Crippen MR) is 129 cm³/mol. The van der Waals surface area contributed by atoms with Gasteiger partial charge in [-0.1, -0.05) is 97.1 Å². The number of pyridine rings is 1. The number of aromatic nitrogens is 1. The highest BCUT2D eigenvalue weighted by molar-refractivity contribution is 5.69. The molecule has 4 heteroatoms. The predicted octanol–water partition coefficient (Wildman–Crippen LogP) is 5.94. The van der Waals surface area contributed by atoms with Crippen molar-refractivity contribution in [2.75, 3.05) is 6.61 Å². The number of aliphatic hydroxyl groups excluding tert-OH is 1. The van der Waals surface area contributed by atoms with Gasteiger partial charge in [0, 0.05) is 25.4 Å². The number of ether oxygens (including phenoxy) is 1. The normalized spacial score (nSPS) is 9.41. The highest BCUT2D eigenvalue weighted by Gasteiger charge is 2.01. The third kappa shape index (κ3) is 10.9. The Kier molecular flexibility index (Phi) is 12.3. The first-order valence-electron chi connectivity index (χ1n) is 10.6. The van der Waals surface area contributed by atoms with Crippen LogP contribution in [0.2, 0.25) is 0 Å². The zero-order valence-electron chi connectivity index (χ0n) is 18.1. The Morgan fingerprint density at radius 1 is 0.688 bits per heavy atom. The van der Waals surface area contributed by atoms with Gasteiger partial charge < -0.3 is 9.84 Å². The molecule has 32 heavy (non-hydrogen) atoms. The summed E-state index contributed by atoms with van der Waals surface area (Å²) in [5.41, 5.74) is 3.53. The van der Waals surface area contributed by atoms with Gasteiger partial charge >= 0.3 is 5.97 Å². The van der Waals surface area contributed by atoms with Crippen molar-refractivity contribution < 1.29 is 14.6 Å². The zero-order chi connectivity index (χ0) is 22.7. The summed E-state index contributed by atoms with van der Waals surface area (Å²) in [4.78, 5) is 14.8. The van der Waals surface area contributed by atoms with Gasteiger partial charge in [0.05, 0.1) is 0 Å². The van der Waals surface area contributed by atoms with E-state index in [1.807, 2.05) is 60.7 Å². The number of benzene rings is 3. The molecule has 4 aromatic rings. The summed E-state index contributed by atoms with van der Waals surface area (Å²) in [5.74, 6) is -0.261. The fourth-order valence-corrected chi connectivity index (χ4v) is 2.61. The van der Waals surface area contributed by atoms with Crippen molar-refractivity contribution in [1.82, 2.24) is 4.98 Å². The highest BCUT2D eigenvalue weighted by atomic mass is 16.5. The topological polar surface area (TPSA) is 59.4 Å². The van der Waals surface area contributed by atoms with E-state index in [4.69, 9.17) is 9.84 Å². The molecule has 0 radical (unpaired) electrons. The second-order valence-corrected chi connectivity index (χ2v) is 6.73. The molecule has 1 N–H and O–H groups in total. The van der Waals surface area contributed by atoms with Crippen molar-refractivity contribution in [3.63, 3.8) is 0 Å². The van der Waals surface area contributed by atoms with Crippen molar-refractivity contribution in [3.8, 4) is 11.1 Å². The lowest BCUT2D eigenvalue weighted by Gasteiger charge is -2.03. The third-order valence-corrected chi connectivity index (χ3v) is 4.23. The Labute approximate surface area is 190 Å². The third-order valence-electron chi connectivity index (χ3n) is 4.23. The van der Waals surface area contributed by atoms with Crippen LogP contribution in [0.5, 0.6) is 0 Å².